The minimum atomic E-state index is -0.346. The number of anilines is 1. The molecule has 8 heteroatoms. The number of rotatable bonds is 4. The summed E-state index contributed by atoms with van der Waals surface area (Å²) in [6.45, 7) is 4.69. The van der Waals surface area contributed by atoms with Crippen LogP contribution in [0.1, 0.15) is 18.1 Å². The Morgan fingerprint density at radius 3 is 2.40 bits per heavy atom. The quantitative estimate of drug-likeness (QED) is 0.422. The van der Waals surface area contributed by atoms with Gasteiger partial charge in [0.2, 0.25) is 0 Å². The molecule has 7 nitrogen and oxygen atoms in total. The van der Waals surface area contributed by atoms with Crippen molar-refractivity contribution in [2.75, 3.05) is 31.1 Å². The van der Waals surface area contributed by atoms with E-state index in [0.29, 0.717) is 41.9 Å². The lowest BCUT2D eigenvalue weighted by atomic mass is 10.1. The van der Waals surface area contributed by atoms with E-state index in [1.807, 2.05) is 29.2 Å². The number of para-hydroxylation sites is 2. The van der Waals surface area contributed by atoms with Gasteiger partial charge in [0.05, 0.1) is 9.83 Å². The maximum absolute atomic E-state index is 12.4. The number of piperazine rings is 1. The highest BCUT2D eigenvalue weighted by Crippen LogP contribution is 2.32. The van der Waals surface area contributed by atoms with E-state index in [1.54, 1.807) is 12.1 Å². The van der Waals surface area contributed by atoms with Crippen molar-refractivity contribution in [1.82, 2.24) is 4.90 Å². The molecule has 0 aromatic heterocycles. The largest absolute Gasteiger partial charge is 0.362 e. The van der Waals surface area contributed by atoms with Crippen LogP contribution < -0.4 is 4.90 Å². The molecule has 0 unspecified atom stereocenters. The highest BCUT2D eigenvalue weighted by atomic mass is 32.2. The van der Waals surface area contributed by atoms with Crippen LogP contribution in [0.4, 0.5) is 11.4 Å². The summed E-state index contributed by atoms with van der Waals surface area (Å²) in [5.74, 6) is -0.212. The van der Waals surface area contributed by atoms with Crippen LogP contribution in [0.2, 0.25) is 0 Å². The number of amides is 1. The van der Waals surface area contributed by atoms with Gasteiger partial charge in [0.25, 0.3) is 11.6 Å². The molecule has 30 heavy (non-hydrogen) atoms. The van der Waals surface area contributed by atoms with Gasteiger partial charge in [-0.05, 0) is 41.5 Å². The first kappa shape index (κ1) is 20.2. The van der Waals surface area contributed by atoms with Gasteiger partial charge in [-0.15, -0.1) is 0 Å². The van der Waals surface area contributed by atoms with E-state index in [1.165, 1.54) is 23.4 Å². The van der Waals surface area contributed by atoms with Gasteiger partial charge in [0, 0.05) is 32.2 Å². The SMILES string of the molecule is CCc1ccc(/C=C2/SC(N3CCN(c4ccccc4[N+](=O)[O-])CC3)=NC2=O)cc1. The van der Waals surface area contributed by atoms with Crippen LogP contribution in [-0.2, 0) is 11.2 Å². The zero-order chi connectivity index (χ0) is 21.1. The third-order valence-electron chi connectivity index (χ3n) is 5.26. The standard InChI is InChI=1S/C22H22N4O3S/c1-2-16-7-9-17(10-8-16)15-20-21(27)23-22(30-20)25-13-11-24(12-14-25)18-5-3-4-6-19(18)26(28)29/h3-10,15H,2,11-14H2,1H3/b20-15+. The average Bonchev–Trinajstić information content (AvgIpc) is 3.14. The third-order valence-corrected chi connectivity index (χ3v) is 6.31. The summed E-state index contributed by atoms with van der Waals surface area (Å²) in [6.07, 6.45) is 2.86. The topological polar surface area (TPSA) is 79.1 Å². The number of hydrogen-bond acceptors (Lipinski definition) is 6. The normalized spacial score (nSPS) is 18.1. The van der Waals surface area contributed by atoms with E-state index < -0.39 is 0 Å². The second-order valence-electron chi connectivity index (χ2n) is 7.13. The van der Waals surface area contributed by atoms with Crippen molar-refractivity contribution in [2.45, 2.75) is 13.3 Å². The van der Waals surface area contributed by atoms with Crippen LogP contribution in [0.25, 0.3) is 6.08 Å². The molecule has 0 atom stereocenters. The summed E-state index contributed by atoms with van der Waals surface area (Å²) in [4.78, 5) is 32.3. The molecule has 1 saturated heterocycles. The smallest absolute Gasteiger partial charge is 0.292 e. The monoisotopic (exact) mass is 422 g/mol. The first-order valence-electron chi connectivity index (χ1n) is 9.90. The van der Waals surface area contributed by atoms with Gasteiger partial charge < -0.3 is 9.80 Å². The van der Waals surface area contributed by atoms with Gasteiger partial charge in [-0.2, -0.15) is 4.99 Å². The number of aliphatic imine (C=N–C) groups is 1. The van der Waals surface area contributed by atoms with Crippen LogP contribution in [-0.4, -0.2) is 47.1 Å². The number of benzene rings is 2. The van der Waals surface area contributed by atoms with Crippen molar-refractivity contribution in [3.8, 4) is 0 Å². The lowest BCUT2D eigenvalue weighted by Crippen LogP contribution is -2.48. The number of thioether (sulfide) groups is 1. The van der Waals surface area contributed by atoms with E-state index in [2.05, 4.69) is 28.9 Å². The molecule has 4 rings (SSSR count). The van der Waals surface area contributed by atoms with E-state index >= 15 is 0 Å². The fourth-order valence-corrected chi connectivity index (χ4v) is 4.52. The summed E-state index contributed by atoms with van der Waals surface area (Å²) < 4.78 is 0. The third kappa shape index (κ3) is 4.23. The molecule has 2 aliphatic heterocycles. The Hall–Kier alpha value is -3.13. The van der Waals surface area contributed by atoms with Crippen LogP contribution >= 0.6 is 11.8 Å². The first-order chi connectivity index (χ1) is 14.5. The summed E-state index contributed by atoms with van der Waals surface area (Å²) >= 11 is 1.40. The summed E-state index contributed by atoms with van der Waals surface area (Å²) in [5.41, 5.74) is 3.00. The molecular formula is C22H22N4O3S. The lowest BCUT2D eigenvalue weighted by molar-refractivity contribution is -0.384. The van der Waals surface area contributed by atoms with Crippen LogP contribution in [0.5, 0.6) is 0 Å². The molecule has 2 aromatic rings. The van der Waals surface area contributed by atoms with Gasteiger partial charge in [0.15, 0.2) is 5.17 Å². The summed E-state index contributed by atoms with van der Waals surface area (Å²) in [6, 6.07) is 15.0. The number of aryl methyl sites for hydroxylation is 1. The Bertz CT molecular complexity index is 1020. The second kappa shape index (κ2) is 8.71. The minimum absolute atomic E-state index is 0.119. The first-order valence-corrected chi connectivity index (χ1v) is 10.7. The van der Waals surface area contributed by atoms with Gasteiger partial charge in [-0.25, -0.2) is 0 Å². The molecule has 1 fully saturated rings. The van der Waals surface area contributed by atoms with Gasteiger partial charge in [-0.3, -0.25) is 14.9 Å². The van der Waals surface area contributed by atoms with Crippen molar-refractivity contribution in [3.05, 3.63) is 74.7 Å². The number of hydrogen-bond donors (Lipinski definition) is 0. The average molecular weight is 423 g/mol. The summed E-state index contributed by atoms with van der Waals surface area (Å²) in [7, 11) is 0. The van der Waals surface area contributed by atoms with Crippen LogP contribution in [0.3, 0.4) is 0 Å². The van der Waals surface area contributed by atoms with Crippen molar-refractivity contribution in [2.24, 2.45) is 4.99 Å². The zero-order valence-electron chi connectivity index (χ0n) is 16.7. The zero-order valence-corrected chi connectivity index (χ0v) is 17.5. The van der Waals surface area contributed by atoms with Crippen LogP contribution in [0.15, 0.2) is 58.4 Å². The Balaban J connectivity index is 1.41. The number of amidine groups is 1. The maximum Gasteiger partial charge on any atom is 0.292 e. The molecule has 2 aromatic carbocycles. The molecule has 0 radical (unpaired) electrons. The molecule has 0 bridgehead atoms. The fourth-order valence-electron chi connectivity index (χ4n) is 3.56. The molecular weight excluding hydrogens is 400 g/mol. The van der Waals surface area contributed by atoms with Gasteiger partial charge in [0.1, 0.15) is 5.69 Å². The number of nitro benzene ring substituents is 1. The van der Waals surface area contributed by atoms with Crippen molar-refractivity contribution < 1.29 is 9.72 Å². The molecule has 0 N–H and O–H groups in total. The molecule has 0 spiro atoms. The number of carbonyl (C=O) groups is 1. The molecule has 2 heterocycles. The highest BCUT2D eigenvalue weighted by molar-refractivity contribution is 8.18. The predicted molar refractivity (Wildman–Crippen MR) is 121 cm³/mol. The Kier molecular flexibility index (Phi) is 5.85. The Morgan fingerprint density at radius 2 is 1.73 bits per heavy atom. The Labute approximate surface area is 179 Å². The minimum Gasteiger partial charge on any atom is -0.362 e. The van der Waals surface area contributed by atoms with Crippen molar-refractivity contribution >= 4 is 40.3 Å². The lowest BCUT2D eigenvalue weighted by Gasteiger charge is -2.36. The maximum atomic E-state index is 12.4. The van der Waals surface area contributed by atoms with E-state index in [4.69, 9.17) is 0 Å². The highest BCUT2D eigenvalue weighted by Gasteiger charge is 2.30. The molecule has 2 aliphatic rings. The van der Waals surface area contributed by atoms with E-state index in [9.17, 15) is 14.9 Å². The number of carbonyl (C=O) groups excluding carboxylic acids is 1. The molecule has 0 saturated carbocycles. The molecule has 154 valence electrons. The fraction of sp³-hybridized carbons (Fsp3) is 0.273. The Morgan fingerprint density at radius 1 is 1.07 bits per heavy atom. The molecule has 0 aliphatic carbocycles. The van der Waals surface area contributed by atoms with Crippen molar-refractivity contribution in [3.63, 3.8) is 0 Å². The van der Waals surface area contributed by atoms with E-state index in [0.717, 1.165) is 12.0 Å². The predicted octanol–water partition coefficient (Wildman–Crippen LogP) is 3.95. The van der Waals surface area contributed by atoms with Gasteiger partial charge >= 0.3 is 0 Å². The number of nitrogens with zero attached hydrogens (tertiary/aromatic N) is 4. The second-order valence-corrected chi connectivity index (χ2v) is 8.13. The number of nitro groups is 1. The van der Waals surface area contributed by atoms with Gasteiger partial charge in [-0.1, -0.05) is 43.3 Å². The van der Waals surface area contributed by atoms with Crippen LogP contribution in [0, 0.1) is 10.1 Å². The van der Waals surface area contributed by atoms with Crippen molar-refractivity contribution in [1.29, 1.82) is 0 Å². The van der Waals surface area contributed by atoms with E-state index in [-0.39, 0.29) is 16.5 Å². The molecule has 1 amide bonds. The summed E-state index contributed by atoms with van der Waals surface area (Å²) in [5, 5.41) is 12.0.